The SMILES string of the molecule is Cc1nn(CCC(=O)Nc2ccccc2Sc2ccccc2)cc1Br. The van der Waals surface area contributed by atoms with Crippen molar-refractivity contribution in [2.45, 2.75) is 29.7 Å². The van der Waals surface area contributed by atoms with Gasteiger partial charge >= 0.3 is 0 Å². The van der Waals surface area contributed by atoms with Crippen molar-refractivity contribution in [2.24, 2.45) is 0 Å². The number of nitrogens with zero attached hydrogens (tertiary/aromatic N) is 2. The van der Waals surface area contributed by atoms with E-state index in [0.29, 0.717) is 13.0 Å². The van der Waals surface area contributed by atoms with Crippen LogP contribution in [0.1, 0.15) is 12.1 Å². The van der Waals surface area contributed by atoms with E-state index in [1.54, 1.807) is 16.4 Å². The second-order valence-electron chi connectivity index (χ2n) is 5.53. The summed E-state index contributed by atoms with van der Waals surface area (Å²) in [6, 6.07) is 18.0. The van der Waals surface area contributed by atoms with Crippen LogP contribution in [0.2, 0.25) is 0 Å². The molecular formula is C19H18BrN3OS. The highest BCUT2D eigenvalue weighted by atomic mass is 79.9. The first-order valence-corrected chi connectivity index (χ1v) is 9.54. The maximum atomic E-state index is 12.3. The molecular weight excluding hydrogens is 398 g/mol. The van der Waals surface area contributed by atoms with Crippen LogP contribution in [0.25, 0.3) is 0 Å². The maximum Gasteiger partial charge on any atom is 0.226 e. The number of aryl methyl sites for hydroxylation is 2. The molecule has 1 N–H and O–H groups in total. The van der Waals surface area contributed by atoms with Gasteiger partial charge in [0, 0.05) is 29.0 Å². The van der Waals surface area contributed by atoms with E-state index >= 15 is 0 Å². The third-order valence-electron chi connectivity index (χ3n) is 3.59. The molecule has 25 heavy (non-hydrogen) atoms. The third-order valence-corrected chi connectivity index (χ3v) is 5.45. The number of nitrogens with one attached hydrogen (secondary N) is 1. The average Bonchev–Trinajstić information content (AvgIpc) is 2.94. The molecule has 0 aliphatic heterocycles. The van der Waals surface area contributed by atoms with E-state index in [1.165, 1.54) is 0 Å². The molecule has 3 aromatic rings. The van der Waals surface area contributed by atoms with E-state index in [4.69, 9.17) is 0 Å². The molecule has 0 saturated heterocycles. The zero-order valence-corrected chi connectivity index (χ0v) is 16.2. The number of halogens is 1. The van der Waals surface area contributed by atoms with Gasteiger partial charge in [0.25, 0.3) is 0 Å². The lowest BCUT2D eigenvalue weighted by atomic mass is 10.3. The number of hydrogen-bond acceptors (Lipinski definition) is 3. The minimum absolute atomic E-state index is 0.0228. The van der Waals surface area contributed by atoms with Gasteiger partial charge in [0.15, 0.2) is 0 Å². The standard InChI is InChI=1S/C19H18BrN3OS/c1-14-16(20)13-23(22-14)12-11-19(24)21-17-9-5-6-10-18(17)25-15-7-3-2-4-8-15/h2-10,13H,11-12H2,1H3,(H,21,24). The van der Waals surface area contributed by atoms with Crippen LogP contribution in [0.15, 0.2) is 75.1 Å². The fourth-order valence-electron chi connectivity index (χ4n) is 2.31. The fraction of sp³-hybridized carbons (Fsp3) is 0.158. The largest absolute Gasteiger partial charge is 0.325 e. The molecule has 6 heteroatoms. The van der Waals surface area contributed by atoms with E-state index in [1.807, 2.05) is 55.6 Å². The summed E-state index contributed by atoms with van der Waals surface area (Å²) in [5.74, 6) is -0.0228. The Morgan fingerprint density at radius 3 is 2.60 bits per heavy atom. The molecule has 0 aliphatic carbocycles. The van der Waals surface area contributed by atoms with Gasteiger partial charge < -0.3 is 5.32 Å². The summed E-state index contributed by atoms with van der Waals surface area (Å²) in [5.41, 5.74) is 1.75. The fourth-order valence-corrected chi connectivity index (χ4v) is 3.55. The summed E-state index contributed by atoms with van der Waals surface area (Å²) in [6.45, 7) is 2.48. The lowest BCUT2D eigenvalue weighted by Crippen LogP contribution is -2.15. The summed E-state index contributed by atoms with van der Waals surface area (Å²) in [6.07, 6.45) is 2.26. The van der Waals surface area contributed by atoms with Crippen LogP contribution in [0.4, 0.5) is 5.69 Å². The van der Waals surface area contributed by atoms with Gasteiger partial charge in [0.2, 0.25) is 5.91 Å². The lowest BCUT2D eigenvalue weighted by Gasteiger charge is -2.11. The van der Waals surface area contributed by atoms with Crippen LogP contribution in [-0.4, -0.2) is 15.7 Å². The van der Waals surface area contributed by atoms with Gasteiger partial charge in [-0.25, -0.2) is 0 Å². The average molecular weight is 416 g/mol. The van der Waals surface area contributed by atoms with Crippen molar-refractivity contribution in [2.75, 3.05) is 5.32 Å². The number of hydrogen-bond donors (Lipinski definition) is 1. The molecule has 0 saturated carbocycles. The Morgan fingerprint density at radius 2 is 1.88 bits per heavy atom. The molecule has 0 bridgehead atoms. The monoisotopic (exact) mass is 415 g/mol. The molecule has 1 heterocycles. The molecule has 0 fully saturated rings. The summed E-state index contributed by atoms with van der Waals surface area (Å²) >= 11 is 5.07. The molecule has 0 radical (unpaired) electrons. The Kier molecular flexibility index (Phi) is 5.94. The predicted molar refractivity (Wildman–Crippen MR) is 105 cm³/mol. The van der Waals surface area contributed by atoms with Crippen molar-refractivity contribution >= 4 is 39.3 Å². The first-order valence-electron chi connectivity index (χ1n) is 7.93. The van der Waals surface area contributed by atoms with E-state index in [0.717, 1.165) is 25.6 Å². The van der Waals surface area contributed by atoms with Crippen molar-refractivity contribution < 1.29 is 4.79 Å². The number of anilines is 1. The smallest absolute Gasteiger partial charge is 0.226 e. The van der Waals surface area contributed by atoms with Gasteiger partial charge in [-0.15, -0.1) is 0 Å². The molecule has 0 atom stereocenters. The quantitative estimate of drug-likeness (QED) is 0.606. The minimum atomic E-state index is -0.0228. The molecule has 0 unspecified atom stereocenters. The Labute approximate surface area is 159 Å². The number of para-hydroxylation sites is 1. The van der Waals surface area contributed by atoms with Gasteiger partial charge in [-0.3, -0.25) is 9.48 Å². The number of rotatable bonds is 6. The van der Waals surface area contributed by atoms with Gasteiger partial charge in [0.05, 0.1) is 15.9 Å². The van der Waals surface area contributed by atoms with Crippen LogP contribution < -0.4 is 5.32 Å². The molecule has 2 aromatic carbocycles. The van der Waals surface area contributed by atoms with E-state index in [2.05, 4.69) is 38.5 Å². The zero-order valence-electron chi connectivity index (χ0n) is 13.8. The van der Waals surface area contributed by atoms with Crippen LogP contribution in [-0.2, 0) is 11.3 Å². The molecule has 4 nitrogen and oxygen atoms in total. The highest BCUT2D eigenvalue weighted by molar-refractivity contribution is 9.10. The van der Waals surface area contributed by atoms with Crippen molar-refractivity contribution in [3.8, 4) is 0 Å². The number of carbonyl (C=O) groups is 1. The van der Waals surface area contributed by atoms with Crippen LogP contribution in [0.3, 0.4) is 0 Å². The summed E-state index contributed by atoms with van der Waals surface area (Å²) in [4.78, 5) is 14.5. The van der Waals surface area contributed by atoms with Crippen molar-refractivity contribution in [3.63, 3.8) is 0 Å². The predicted octanol–water partition coefficient (Wildman–Crippen LogP) is 5.13. The lowest BCUT2D eigenvalue weighted by molar-refractivity contribution is -0.116. The Hall–Kier alpha value is -2.05. The molecule has 3 rings (SSSR count). The number of aromatic nitrogens is 2. The third kappa shape index (κ3) is 4.96. The Morgan fingerprint density at radius 1 is 1.16 bits per heavy atom. The Bertz CT molecular complexity index is 845. The van der Waals surface area contributed by atoms with E-state index in [-0.39, 0.29) is 5.91 Å². The molecule has 128 valence electrons. The first-order chi connectivity index (χ1) is 12.1. The molecule has 1 aromatic heterocycles. The minimum Gasteiger partial charge on any atom is -0.325 e. The second-order valence-corrected chi connectivity index (χ2v) is 7.50. The number of benzene rings is 2. The van der Waals surface area contributed by atoms with Crippen molar-refractivity contribution in [1.29, 1.82) is 0 Å². The van der Waals surface area contributed by atoms with Crippen LogP contribution >= 0.6 is 27.7 Å². The van der Waals surface area contributed by atoms with Gasteiger partial charge in [-0.1, -0.05) is 42.1 Å². The summed E-state index contributed by atoms with van der Waals surface area (Å²) in [7, 11) is 0. The highest BCUT2D eigenvalue weighted by Gasteiger charge is 2.09. The topological polar surface area (TPSA) is 46.9 Å². The summed E-state index contributed by atoms with van der Waals surface area (Å²) < 4.78 is 2.74. The van der Waals surface area contributed by atoms with Crippen LogP contribution in [0, 0.1) is 6.92 Å². The van der Waals surface area contributed by atoms with Gasteiger partial charge in [-0.05, 0) is 47.1 Å². The summed E-state index contributed by atoms with van der Waals surface area (Å²) in [5, 5.41) is 7.36. The van der Waals surface area contributed by atoms with E-state index in [9.17, 15) is 4.79 Å². The zero-order chi connectivity index (χ0) is 17.6. The molecule has 1 amide bonds. The highest BCUT2D eigenvalue weighted by Crippen LogP contribution is 2.33. The molecule has 0 spiro atoms. The maximum absolute atomic E-state index is 12.3. The second kappa shape index (κ2) is 8.36. The van der Waals surface area contributed by atoms with Crippen molar-refractivity contribution in [3.05, 3.63) is 71.0 Å². The number of amides is 1. The Balaban J connectivity index is 1.63. The number of carbonyl (C=O) groups excluding carboxylic acids is 1. The normalized spacial score (nSPS) is 10.6. The van der Waals surface area contributed by atoms with E-state index < -0.39 is 0 Å². The van der Waals surface area contributed by atoms with Gasteiger partial charge in [0.1, 0.15) is 0 Å². The van der Waals surface area contributed by atoms with Crippen molar-refractivity contribution in [1.82, 2.24) is 9.78 Å². The molecule has 0 aliphatic rings. The van der Waals surface area contributed by atoms with Gasteiger partial charge in [-0.2, -0.15) is 5.10 Å². The first kappa shape index (κ1) is 17.8. The van der Waals surface area contributed by atoms with Crippen LogP contribution in [0.5, 0.6) is 0 Å².